The van der Waals surface area contributed by atoms with E-state index < -0.39 is 5.41 Å². The molecular weight excluding hydrogens is 392 g/mol. The summed E-state index contributed by atoms with van der Waals surface area (Å²) in [7, 11) is 0. The van der Waals surface area contributed by atoms with Crippen LogP contribution in [0.3, 0.4) is 0 Å². The van der Waals surface area contributed by atoms with Crippen LogP contribution in [0.2, 0.25) is 0 Å². The topological polar surface area (TPSA) is 62.9 Å². The predicted molar refractivity (Wildman–Crippen MR) is 122 cm³/mol. The highest BCUT2D eigenvalue weighted by atomic mass is 32.1. The second kappa shape index (κ2) is 8.25. The number of aromatic nitrogens is 1. The lowest BCUT2D eigenvalue weighted by Gasteiger charge is -2.15. The monoisotopic (exact) mass is 416 g/mol. The minimum absolute atomic E-state index is 0.00808. The van der Waals surface area contributed by atoms with Crippen molar-refractivity contribution in [2.75, 3.05) is 0 Å². The standard InChI is InChI=1S/C25H24N2O2S/c1-16-6-10-18(11-7-16)14-21-23(29)27(19-12-8-17(2)9-13-19)24(30-21)20(15-26)22(28)25(3,4)5/h6-14H,1-5H3/b21-14-,24-20-. The van der Waals surface area contributed by atoms with Gasteiger partial charge in [-0.05, 0) is 37.6 Å². The summed E-state index contributed by atoms with van der Waals surface area (Å²) >= 11 is 1.18. The summed E-state index contributed by atoms with van der Waals surface area (Å²) in [6.45, 7) is 9.28. The van der Waals surface area contributed by atoms with E-state index in [9.17, 15) is 14.9 Å². The lowest BCUT2D eigenvalue weighted by atomic mass is 9.87. The summed E-state index contributed by atoms with van der Waals surface area (Å²) in [4.78, 5) is 26.3. The molecule has 2 aromatic carbocycles. The van der Waals surface area contributed by atoms with Gasteiger partial charge in [0.25, 0.3) is 5.56 Å². The maximum atomic E-state index is 13.3. The number of carbonyl (C=O) groups excluding carboxylic acids is 1. The van der Waals surface area contributed by atoms with E-state index in [1.54, 1.807) is 26.8 Å². The van der Waals surface area contributed by atoms with Gasteiger partial charge >= 0.3 is 0 Å². The molecule has 0 spiro atoms. The second-order valence-electron chi connectivity index (χ2n) is 8.37. The summed E-state index contributed by atoms with van der Waals surface area (Å²) in [5, 5.41) is 9.82. The summed E-state index contributed by atoms with van der Waals surface area (Å²) in [6, 6.07) is 17.4. The molecule has 0 N–H and O–H groups in total. The van der Waals surface area contributed by atoms with Crippen LogP contribution < -0.4 is 14.8 Å². The van der Waals surface area contributed by atoms with E-state index in [2.05, 4.69) is 6.07 Å². The Kier molecular flexibility index (Phi) is 5.91. The Morgan fingerprint density at radius 2 is 1.53 bits per heavy atom. The van der Waals surface area contributed by atoms with Crippen LogP contribution in [0.25, 0.3) is 17.3 Å². The predicted octanol–water partition coefficient (Wildman–Crippen LogP) is 3.63. The highest BCUT2D eigenvalue weighted by Crippen LogP contribution is 2.20. The molecular formula is C25H24N2O2S. The van der Waals surface area contributed by atoms with Crippen molar-refractivity contribution >= 4 is 28.8 Å². The Labute approximate surface area is 180 Å². The fraction of sp³-hybridized carbons (Fsp3) is 0.240. The number of ketones is 1. The molecule has 0 radical (unpaired) electrons. The van der Waals surface area contributed by atoms with Gasteiger partial charge in [-0.2, -0.15) is 5.26 Å². The second-order valence-corrected chi connectivity index (χ2v) is 9.40. The van der Waals surface area contributed by atoms with Gasteiger partial charge in [0, 0.05) is 5.41 Å². The minimum atomic E-state index is -0.732. The fourth-order valence-electron chi connectivity index (χ4n) is 2.96. The first kappa shape index (κ1) is 21.5. The van der Waals surface area contributed by atoms with E-state index in [-0.39, 0.29) is 16.9 Å². The van der Waals surface area contributed by atoms with Gasteiger partial charge in [-0.1, -0.05) is 68.3 Å². The van der Waals surface area contributed by atoms with Gasteiger partial charge in [0.15, 0.2) is 5.78 Å². The summed E-state index contributed by atoms with van der Waals surface area (Å²) in [6.07, 6.45) is 1.80. The third kappa shape index (κ3) is 4.34. The van der Waals surface area contributed by atoms with E-state index in [4.69, 9.17) is 0 Å². The van der Waals surface area contributed by atoms with Gasteiger partial charge in [0.05, 0.1) is 10.2 Å². The van der Waals surface area contributed by atoms with Crippen LogP contribution in [0.4, 0.5) is 0 Å². The first-order valence-corrected chi connectivity index (χ1v) is 10.5. The van der Waals surface area contributed by atoms with E-state index in [1.165, 1.54) is 15.9 Å². The van der Waals surface area contributed by atoms with Gasteiger partial charge in [0.1, 0.15) is 16.3 Å². The van der Waals surface area contributed by atoms with Crippen LogP contribution in [0, 0.1) is 30.6 Å². The fourth-order valence-corrected chi connectivity index (χ4v) is 4.06. The van der Waals surface area contributed by atoms with Crippen LogP contribution in [-0.2, 0) is 4.79 Å². The van der Waals surface area contributed by atoms with E-state index in [0.29, 0.717) is 14.9 Å². The molecule has 1 heterocycles. The number of hydrogen-bond acceptors (Lipinski definition) is 4. The van der Waals surface area contributed by atoms with Crippen molar-refractivity contribution in [2.45, 2.75) is 34.6 Å². The lowest BCUT2D eigenvalue weighted by molar-refractivity contribution is -0.120. The lowest BCUT2D eigenvalue weighted by Crippen LogP contribution is -2.33. The third-order valence-electron chi connectivity index (χ3n) is 4.72. The summed E-state index contributed by atoms with van der Waals surface area (Å²) < 4.78 is 2.32. The smallest absolute Gasteiger partial charge is 0.273 e. The number of rotatable bonds is 3. The Morgan fingerprint density at radius 1 is 1.00 bits per heavy atom. The van der Waals surface area contributed by atoms with Crippen molar-refractivity contribution in [1.82, 2.24) is 4.57 Å². The number of benzene rings is 2. The van der Waals surface area contributed by atoms with Crippen molar-refractivity contribution in [3.05, 3.63) is 84.8 Å². The number of thiazole rings is 1. The molecule has 0 amide bonds. The van der Waals surface area contributed by atoms with Crippen LogP contribution in [0.15, 0.2) is 53.3 Å². The molecule has 0 fully saturated rings. The van der Waals surface area contributed by atoms with Crippen LogP contribution >= 0.6 is 11.3 Å². The molecule has 0 unspecified atom stereocenters. The van der Waals surface area contributed by atoms with E-state index >= 15 is 0 Å². The van der Waals surface area contributed by atoms with Crippen molar-refractivity contribution < 1.29 is 4.79 Å². The van der Waals surface area contributed by atoms with Crippen molar-refractivity contribution in [2.24, 2.45) is 5.41 Å². The van der Waals surface area contributed by atoms with Gasteiger partial charge in [-0.3, -0.25) is 14.2 Å². The molecule has 0 bridgehead atoms. The first-order chi connectivity index (χ1) is 14.1. The Balaban J connectivity index is 2.41. The Hall–Kier alpha value is -3.23. The molecule has 30 heavy (non-hydrogen) atoms. The van der Waals surface area contributed by atoms with Crippen molar-refractivity contribution in [3.8, 4) is 11.8 Å². The molecule has 0 aliphatic heterocycles. The van der Waals surface area contributed by atoms with E-state index in [1.807, 2.05) is 62.4 Å². The highest BCUT2D eigenvalue weighted by molar-refractivity contribution is 7.07. The number of Topliss-reactive ketones (excluding diaryl/α,β-unsaturated/α-hetero) is 1. The number of nitrogens with zero attached hydrogens (tertiary/aromatic N) is 2. The largest absolute Gasteiger partial charge is 0.293 e. The molecule has 0 saturated carbocycles. The zero-order chi connectivity index (χ0) is 22.1. The number of aryl methyl sites for hydroxylation is 2. The number of nitriles is 1. The van der Waals surface area contributed by atoms with Crippen LogP contribution in [0.5, 0.6) is 0 Å². The normalized spacial score (nSPS) is 13.1. The van der Waals surface area contributed by atoms with Gasteiger partial charge < -0.3 is 0 Å². The number of hydrogen-bond donors (Lipinski definition) is 0. The van der Waals surface area contributed by atoms with Crippen LogP contribution in [-0.4, -0.2) is 10.4 Å². The average molecular weight is 417 g/mol. The maximum Gasteiger partial charge on any atom is 0.273 e. The molecule has 0 aliphatic carbocycles. The quantitative estimate of drug-likeness (QED) is 0.655. The highest BCUT2D eigenvalue weighted by Gasteiger charge is 2.27. The number of carbonyl (C=O) groups is 1. The maximum absolute atomic E-state index is 13.3. The molecule has 1 aromatic heterocycles. The Morgan fingerprint density at radius 3 is 2.03 bits per heavy atom. The molecule has 152 valence electrons. The molecule has 3 rings (SSSR count). The molecule has 0 saturated heterocycles. The first-order valence-electron chi connectivity index (χ1n) is 9.68. The molecule has 3 aromatic rings. The molecule has 0 atom stereocenters. The van der Waals surface area contributed by atoms with Gasteiger partial charge in [-0.15, -0.1) is 11.3 Å². The van der Waals surface area contributed by atoms with Gasteiger partial charge in [0.2, 0.25) is 0 Å². The minimum Gasteiger partial charge on any atom is -0.293 e. The average Bonchev–Trinajstić information content (AvgIpc) is 3.00. The van der Waals surface area contributed by atoms with E-state index in [0.717, 1.165) is 16.7 Å². The molecule has 4 nitrogen and oxygen atoms in total. The molecule has 5 heteroatoms. The van der Waals surface area contributed by atoms with Crippen LogP contribution in [0.1, 0.15) is 37.5 Å². The summed E-state index contributed by atoms with van der Waals surface area (Å²) in [5.41, 5.74) is 2.75. The Bertz CT molecular complexity index is 1310. The molecule has 0 aliphatic rings. The van der Waals surface area contributed by atoms with Crippen molar-refractivity contribution in [1.29, 1.82) is 5.26 Å². The van der Waals surface area contributed by atoms with Gasteiger partial charge in [-0.25, -0.2) is 0 Å². The SMILES string of the molecule is Cc1ccc(/C=c2\s/c(=C(/C#N)C(=O)C(C)(C)C)n(-c3ccc(C)cc3)c2=O)cc1. The zero-order valence-electron chi connectivity index (χ0n) is 17.8. The third-order valence-corrected chi connectivity index (χ3v) is 5.82. The zero-order valence-corrected chi connectivity index (χ0v) is 18.6. The van der Waals surface area contributed by atoms with Crippen molar-refractivity contribution in [3.63, 3.8) is 0 Å². The summed E-state index contributed by atoms with van der Waals surface area (Å²) in [5.74, 6) is -0.283.